The highest BCUT2D eigenvalue weighted by Crippen LogP contribution is 2.37. The van der Waals surface area contributed by atoms with Gasteiger partial charge in [0.25, 0.3) is 5.91 Å². The molecular formula is C22H24Cl2N2OS. The molecule has 0 bridgehead atoms. The van der Waals surface area contributed by atoms with Crippen LogP contribution in [0.4, 0.5) is 0 Å². The van der Waals surface area contributed by atoms with Gasteiger partial charge in [-0.2, -0.15) is 0 Å². The summed E-state index contributed by atoms with van der Waals surface area (Å²) < 4.78 is 0. The standard InChI is InChI=1S/C22H24Cl2N2OS/c23-18-7-3-8-19(24)21(18)28-14-15-11-17(13-25-12-15)22(27)26-10-4-6-16-5-1-2-9-20(16)26/h3,7-8,11-13,16,20H,1-2,4-6,9-10,14H2. The van der Waals surface area contributed by atoms with Crippen molar-refractivity contribution in [3.8, 4) is 0 Å². The van der Waals surface area contributed by atoms with Crippen molar-refractivity contribution in [1.29, 1.82) is 0 Å². The van der Waals surface area contributed by atoms with Gasteiger partial charge in [0.05, 0.1) is 15.6 Å². The van der Waals surface area contributed by atoms with Crippen molar-refractivity contribution in [2.45, 2.75) is 55.2 Å². The van der Waals surface area contributed by atoms with Gasteiger partial charge < -0.3 is 4.90 Å². The Balaban J connectivity index is 1.48. The average Bonchev–Trinajstić information content (AvgIpc) is 2.73. The number of fused-ring (bicyclic) bond motifs is 1. The fourth-order valence-electron chi connectivity index (χ4n) is 4.50. The molecule has 1 amide bonds. The zero-order chi connectivity index (χ0) is 19.5. The molecule has 2 aliphatic rings. The van der Waals surface area contributed by atoms with E-state index in [1.54, 1.807) is 18.0 Å². The Morgan fingerprint density at radius 2 is 1.86 bits per heavy atom. The van der Waals surface area contributed by atoms with Gasteiger partial charge >= 0.3 is 0 Å². The molecule has 6 heteroatoms. The van der Waals surface area contributed by atoms with Gasteiger partial charge in [0.15, 0.2) is 0 Å². The van der Waals surface area contributed by atoms with Crippen molar-refractivity contribution in [2.24, 2.45) is 5.92 Å². The Morgan fingerprint density at radius 3 is 2.68 bits per heavy atom. The lowest BCUT2D eigenvalue weighted by Crippen LogP contribution is -2.49. The first-order valence-electron chi connectivity index (χ1n) is 9.95. The SMILES string of the molecule is O=C(c1cncc(CSc2c(Cl)cccc2Cl)c1)N1CCCC2CCCCC21. The van der Waals surface area contributed by atoms with Crippen LogP contribution >= 0.6 is 35.0 Å². The molecule has 4 rings (SSSR count). The molecule has 2 atom stereocenters. The summed E-state index contributed by atoms with van der Waals surface area (Å²) in [6, 6.07) is 7.90. The molecule has 1 saturated heterocycles. The van der Waals surface area contributed by atoms with Gasteiger partial charge in [-0.1, -0.05) is 42.1 Å². The third kappa shape index (κ3) is 4.34. The van der Waals surface area contributed by atoms with Crippen LogP contribution in [0.3, 0.4) is 0 Å². The number of carbonyl (C=O) groups excluding carboxylic acids is 1. The van der Waals surface area contributed by atoms with E-state index < -0.39 is 0 Å². The number of carbonyl (C=O) groups is 1. The van der Waals surface area contributed by atoms with Gasteiger partial charge in [-0.05, 0) is 55.4 Å². The first-order chi connectivity index (χ1) is 13.6. The van der Waals surface area contributed by atoms with E-state index >= 15 is 0 Å². The normalized spacial score (nSPS) is 22.0. The molecule has 2 fully saturated rings. The highest BCUT2D eigenvalue weighted by Gasteiger charge is 2.36. The minimum absolute atomic E-state index is 0.131. The Kier molecular flexibility index (Phi) is 6.49. The third-order valence-electron chi connectivity index (χ3n) is 5.85. The first-order valence-corrected chi connectivity index (χ1v) is 11.7. The molecule has 148 valence electrons. The van der Waals surface area contributed by atoms with Crippen molar-refractivity contribution in [3.63, 3.8) is 0 Å². The largest absolute Gasteiger partial charge is 0.335 e. The molecule has 0 radical (unpaired) electrons. The highest BCUT2D eigenvalue weighted by molar-refractivity contribution is 7.98. The van der Waals surface area contributed by atoms with Crippen LogP contribution in [0.25, 0.3) is 0 Å². The van der Waals surface area contributed by atoms with Crippen molar-refractivity contribution in [3.05, 3.63) is 57.8 Å². The van der Waals surface area contributed by atoms with Crippen LogP contribution in [0, 0.1) is 5.92 Å². The second kappa shape index (κ2) is 9.06. The predicted octanol–water partition coefficient (Wildman–Crippen LogP) is 6.48. The molecule has 1 aliphatic carbocycles. The van der Waals surface area contributed by atoms with Gasteiger partial charge in [0.1, 0.15) is 0 Å². The summed E-state index contributed by atoms with van der Waals surface area (Å²) in [5.74, 6) is 1.48. The van der Waals surface area contributed by atoms with Gasteiger partial charge in [-0.15, -0.1) is 11.8 Å². The van der Waals surface area contributed by atoms with Crippen LogP contribution in [-0.4, -0.2) is 28.4 Å². The highest BCUT2D eigenvalue weighted by atomic mass is 35.5. The Hall–Kier alpha value is -1.23. The molecule has 0 N–H and O–H groups in total. The summed E-state index contributed by atoms with van der Waals surface area (Å²) in [5.41, 5.74) is 1.69. The zero-order valence-electron chi connectivity index (χ0n) is 15.7. The molecule has 2 aromatic rings. The number of pyridine rings is 1. The van der Waals surface area contributed by atoms with Crippen LogP contribution in [0.15, 0.2) is 41.6 Å². The van der Waals surface area contributed by atoms with E-state index in [0.29, 0.717) is 33.3 Å². The number of halogens is 2. The number of hydrogen-bond donors (Lipinski definition) is 0. The topological polar surface area (TPSA) is 33.2 Å². The minimum atomic E-state index is 0.131. The number of hydrogen-bond acceptors (Lipinski definition) is 3. The van der Waals surface area contributed by atoms with Crippen molar-refractivity contribution >= 4 is 40.9 Å². The number of nitrogens with zero attached hydrogens (tertiary/aromatic N) is 2. The summed E-state index contributed by atoms with van der Waals surface area (Å²) in [7, 11) is 0. The number of benzene rings is 1. The summed E-state index contributed by atoms with van der Waals surface area (Å²) in [4.78, 5) is 20.5. The van der Waals surface area contributed by atoms with E-state index in [0.717, 1.165) is 29.8 Å². The lowest BCUT2D eigenvalue weighted by atomic mass is 9.78. The van der Waals surface area contributed by atoms with Crippen LogP contribution in [0.1, 0.15) is 54.4 Å². The minimum Gasteiger partial charge on any atom is -0.335 e. The number of likely N-dealkylation sites (tertiary alicyclic amines) is 1. The first kappa shape index (κ1) is 20.1. The second-order valence-corrected chi connectivity index (χ2v) is 9.47. The molecule has 28 heavy (non-hydrogen) atoms. The third-order valence-corrected chi connectivity index (χ3v) is 7.91. The lowest BCUT2D eigenvalue weighted by Gasteiger charge is -2.44. The zero-order valence-corrected chi connectivity index (χ0v) is 18.1. The maximum Gasteiger partial charge on any atom is 0.255 e. The van der Waals surface area contributed by atoms with Crippen LogP contribution in [-0.2, 0) is 5.75 Å². The molecule has 1 aromatic heterocycles. The average molecular weight is 435 g/mol. The smallest absolute Gasteiger partial charge is 0.255 e. The number of thioether (sulfide) groups is 1. The molecule has 2 heterocycles. The fourth-order valence-corrected chi connectivity index (χ4v) is 6.11. The summed E-state index contributed by atoms with van der Waals surface area (Å²) in [5, 5.41) is 1.30. The van der Waals surface area contributed by atoms with E-state index in [-0.39, 0.29) is 5.91 Å². The number of aromatic nitrogens is 1. The Morgan fingerprint density at radius 1 is 1.11 bits per heavy atom. The van der Waals surface area contributed by atoms with Crippen LogP contribution < -0.4 is 0 Å². The monoisotopic (exact) mass is 434 g/mol. The van der Waals surface area contributed by atoms with E-state index in [9.17, 15) is 4.79 Å². The second-order valence-electron chi connectivity index (χ2n) is 7.67. The van der Waals surface area contributed by atoms with Gasteiger partial charge in [0.2, 0.25) is 0 Å². The van der Waals surface area contributed by atoms with Gasteiger partial charge in [-0.3, -0.25) is 9.78 Å². The van der Waals surface area contributed by atoms with Crippen LogP contribution in [0.2, 0.25) is 10.0 Å². The van der Waals surface area contributed by atoms with Crippen molar-refractivity contribution < 1.29 is 4.79 Å². The number of amides is 1. The Labute approximate surface area is 180 Å². The fraction of sp³-hybridized carbons (Fsp3) is 0.455. The van der Waals surface area contributed by atoms with E-state index in [1.165, 1.54) is 25.7 Å². The van der Waals surface area contributed by atoms with E-state index in [4.69, 9.17) is 23.2 Å². The predicted molar refractivity (Wildman–Crippen MR) is 116 cm³/mol. The number of piperidine rings is 1. The van der Waals surface area contributed by atoms with Gasteiger partial charge in [0, 0.05) is 35.6 Å². The molecule has 1 aromatic carbocycles. The number of rotatable bonds is 4. The van der Waals surface area contributed by atoms with Gasteiger partial charge in [-0.25, -0.2) is 0 Å². The maximum atomic E-state index is 13.2. The maximum absolute atomic E-state index is 13.2. The molecule has 2 unspecified atom stereocenters. The summed E-state index contributed by atoms with van der Waals surface area (Å²) >= 11 is 14.1. The van der Waals surface area contributed by atoms with E-state index in [2.05, 4.69) is 9.88 Å². The summed E-state index contributed by atoms with van der Waals surface area (Å²) in [6.45, 7) is 0.869. The van der Waals surface area contributed by atoms with E-state index in [1.807, 2.05) is 30.5 Å². The Bertz CT molecular complexity index is 838. The lowest BCUT2D eigenvalue weighted by molar-refractivity contribution is 0.0390. The molecule has 3 nitrogen and oxygen atoms in total. The molecule has 1 saturated carbocycles. The molecule has 0 spiro atoms. The molecule has 1 aliphatic heterocycles. The van der Waals surface area contributed by atoms with Crippen molar-refractivity contribution in [1.82, 2.24) is 9.88 Å². The quantitative estimate of drug-likeness (QED) is 0.516. The summed E-state index contributed by atoms with van der Waals surface area (Å²) in [6.07, 6.45) is 10.8. The molecular weight excluding hydrogens is 411 g/mol. The van der Waals surface area contributed by atoms with Crippen LogP contribution in [0.5, 0.6) is 0 Å². The van der Waals surface area contributed by atoms with Crippen molar-refractivity contribution in [2.75, 3.05) is 6.54 Å².